The molecule has 0 saturated carbocycles. The molecule has 10 heteroatoms. The molecule has 1 N–H and O–H groups in total. The minimum atomic E-state index is -3.46. The second kappa shape index (κ2) is 8.34. The number of nitrogens with one attached hydrogen (secondary N) is 1. The maximum absolute atomic E-state index is 12.8. The van der Waals surface area contributed by atoms with E-state index in [1.54, 1.807) is 12.3 Å². The Hall–Kier alpha value is -2.72. The van der Waals surface area contributed by atoms with Gasteiger partial charge in [-0.15, -0.1) is 0 Å². The van der Waals surface area contributed by atoms with Gasteiger partial charge in [0.15, 0.2) is 9.84 Å². The first-order valence-corrected chi connectivity index (χ1v) is 11.2. The highest BCUT2D eigenvalue weighted by atomic mass is 32.2. The highest BCUT2D eigenvalue weighted by Crippen LogP contribution is 2.33. The summed E-state index contributed by atoms with van der Waals surface area (Å²) in [5.74, 6) is 0.316. The van der Waals surface area contributed by atoms with Crippen LogP contribution < -0.4 is 14.4 Å². The average molecular weight is 435 g/mol. The molecule has 1 heterocycles. The normalized spacial score (nSPS) is 11.4. The number of anilines is 2. The molecule has 0 radical (unpaired) electrons. The van der Waals surface area contributed by atoms with E-state index in [9.17, 15) is 13.2 Å². The number of sulfone groups is 1. The van der Waals surface area contributed by atoms with Crippen molar-refractivity contribution >= 4 is 51.0 Å². The third kappa shape index (κ3) is 4.33. The Morgan fingerprint density at radius 1 is 1.31 bits per heavy atom. The molecule has 0 aliphatic carbocycles. The van der Waals surface area contributed by atoms with Crippen molar-refractivity contribution in [3.63, 3.8) is 0 Å². The smallest absolute Gasteiger partial charge is 0.336 e. The number of ether oxygens (including phenoxy) is 1. The van der Waals surface area contributed by atoms with Crippen LogP contribution in [0.5, 0.6) is 5.75 Å². The van der Waals surface area contributed by atoms with E-state index in [1.165, 1.54) is 25.3 Å². The third-order valence-corrected chi connectivity index (χ3v) is 5.87. The van der Waals surface area contributed by atoms with E-state index in [0.717, 1.165) is 34.4 Å². The van der Waals surface area contributed by atoms with Gasteiger partial charge < -0.3 is 10.1 Å². The summed E-state index contributed by atoms with van der Waals surface area (Å²) in [5.41, 5.74) is 1.70. The Kier molecular flexibility index (Phi) is 6.04. The Labute approximate surface area is 174 Å². The van der Waals surface area contributed by atoms with Gasteiger partial charge in [0.25, 0.3) is 0 Å². The van der Waals surface area contributed by atoms with E-state index in [1.807, 2.05) is 16.8 Å². The topological polar surface area (TPSA) is 93.5 Å². The van der Waals surface area contributed by atoms with E-state index < -0.39 is 15.9 Å². The Morgan fingerprint density at radius 3 is 2.72 bits per heavy atom. The van der Waals surface area contributed by atoms with Crippen LogP contribution in [0.25, 0.3) is 10.9 Å². The standard InChI is InChI=1S/C19H22N4O4S2/c1-4-10-22-16-7-5-6-15(14(16)12-20-22)21-19(24)23(28)17-11-13(29(3,25)26)8-9-18(17)27-2/h5-9,11-12,28H,4,10H2,1-3H3,(H,21,24). The van der Waals surface area contributed by atoms with Crippen LogP contribution >= 0.6 is 12.8 Å². The van der Waals surface area contributed by atoms with Crippen LogP contribution in [-0.4, -0.2) is 37.6 Å². The molecule has 3 aromatic rings. The van der Waals surface area contributed by atoms with E-state index in [4.69, 9.17) is 4.74 Å². The summed E-state index contributed by atoms with van der Waals surface area (Å²) in [6.45, 7) is 2.84. The molecule has 0 saturated heterocycles. The molecule has 2 amide bonds. The van der Waals surface area contributed by atoms with Crippen molar-refractivity contribution in [3.8, 4) is 5.75 Å². The van der Waals surface area contributed by atoms with Crippen molar-refractivity contribution in [1.29, 1.82) is 0 Å². The van der Waals surface area contributed by atoms with Crippen molar-refractivity contribution in [2.24, 2.45) is 0 Å². The quantitative estimate of drug-likeness (QED) is 0.577. The minimum absolute atomic E-state index is 0.0584. The second-order valence-corrected chi connectivity index (χ2v) is 8.87. The van der Waals surface area contributed by atoms with E-state index in [2.05, 4.69) is 30.2 Å². The number of urea groups is 1. The van der Waals surface area contributed by atoms with E-state index >= 15 is 0 Å². The number of amides is 2. The van der Waals surface area contributed by atoms with Crippen molar-refractivity contribution < 1.29 is 17.9 Å². The molecule has 1 aromatic heterocycles. The molecule has 0 aliphatic heterocycles. The summed E-state index contributed by atoms with van der Waals surface area (Å²) < 4.78 is 31.9. The molecule has 29 heavy (non-hydrogen) atoms. The first-order valence-electron chi connectivity index (χ1n) is 8.89. The predicted molar refractivity (Wildman–Crippen MR) is 117 cm³/mol. The second-order valence-electron chi connectivity index (χ2n) is 6.45. The molecule has 2 aromatic carbocycles. The Balaban J connectivity index is 1.93. The number of hydrogen-bond donors (Lipinski definition) is 2. The van der Waals surface area contributed by atoms with Crippen LogP contribution in [0.1, 0.15) is 13.3 Å². The molecule has 0 fully saturated rings. The molecule has 0 bridgehead atoms. The Morgan fingerprint density at radius 2 is 2.07 bits per heavy atom. The number of nitrogens with zero attached hydrogens (tertiary/aromatic N) is 3. The van der Waals surface area contributed by atoms with Gasteiger partial charge in [0.05, 0.1) is 29.4 Å². The lowest BCUT2D eigenvalue weighted by atomic mass is 10.2. The zero-order chi connectivity index (χ0) is 21.2. The lowest BCUT2D eigenvalue weighted by molar-refractivity contribution is 0.260. The summed E-state index contributed by atoms with van der Waals surface area (Å²) in [4.78, 5) is 12.9. The molecule has 0 aliphatic rings. The number of aryl methyl sites for hydroxylation is 1. The number of benzene rings is 2. The van der Waals surface area contributed by atoms with Crippen molar-refractivity contribution in [2.75, 3.05) is 23.0 Å². The minimum Gasteiger partial charge on any atom is -0.495 e. The maximum atomic E-state index is 12.8. The predicted octanol–water partition coefficient (Wildman–Crippen LogP) is 3.74. The molecule has 0 unspecified atom stereocenters. The van der Waals surface area contributed by atoms with Gasteiger partial charge in [-0.3, -0.25) is 4.68 Å². The first-order chi connectivity index (χ1) is 13.8. The Bertz CT molecular complexity index is 1160. The summed E-state index contributed by atoms with van der Waals surface area (Å²) in [5, 5.41) is 7.97. The molecule has 3 rings (SSSR count). The van der Waals surface area contributed by atoms with Crippen LogP contribution in [-0.2, 0) is 16.4 Å². The molecule has 8 nitrogen and oxygen atoms in total. The van der Waals surface area contributed by atoms with Gasteiger partial charge in [-0.25, -0.2) is 17.5 Å². The van der Waals surface area contributed by atoms with Crippen LogP contribution in [0.3, 0.4) is 0 Å². The lowest BCUT2D eigenvalue weighted by Gasteiger charge is -2.20. The average Bonchev–Trinajstić information content (AvgIpc) is 3.10. The fourth-order valence-corrected chi connectivity index (χ4v) is 3.79. The number of carbonyl (C=O) groups excluding carboxylic acids is 1. The molecule has 0 spiro atoms. The monoisotopic (exact) mass is 434 g/mol. The van der Waals surface area contributed by atoms with Gasteiger partial charge in [-0.2, -0.15) is 5.10 Å². The van der Waals surface area contributed by atoms with Crippen molar-refractivity contribution in [3.05, 3.63) is 42.6 Å². The number of rotatable bonds is 6. The van der Waals surface area contributed by atoms with E-state index in [-0.39, 0.29) is 10.6 Å². The van der Waals surface area contributed by atoms with Gasteiger partial charge in [-0.05, 0) is 36.8 Å². The number of methoxy groups -OCH3 is 1. The number of fused-ring (bicyclic) bond motifs is 1. The molecular formula is C19H22N4O4S2. The van der Waals surface area contributed by atoms with Crippen molar-refractivity contribution in [1.82, 2.24) is 9.78 Å². The largest absolute Gasteiger partial charge is 0.495 e. The number of carbonyl (C=O) groups is 1. The first kappa shape index (κ1) is 21.0. The highest BCUT2D eigenvalue weighted by molar-refractivity contribution is 7.90. The highest BCUT2D eigenvalue weighted by Gasteiger charge is 2.20. The molecular weight excluding hydrogens is 412 g/mol. The lowest BCUT2D eigenvalue weighted by Crippen LogP contribution is -2.27. The maximum Gasteiger partial charge on any atom is 0.336 e. The summed E-state index contributed by atoms with van der Waals surface area (Å²) in [6, 6.07) is 9.22. The van der Waals surface area contributed by atoms with Crippen LogP contribution in [0.15, 0.2) is 47.5 Å². The van der Waals surface area contributed by atoms with Crippen LogP contribution in [0.4, 0.5) is 16.2 Å². The SMILES string of the molecule is CCCn1ncc2c(NC(=O)N(S)c3cc(S(C)(=O)=O)ccc3OC)cccc21. The summed E-state index contributed by atoms with van der Waals surface area (Å²) in [7, 11) is -2.03. The molecule has 154 valence electrons. The fourth-order valence-electron chi connectivity index (χ4n) is 2.95. The summed E-state index contributed by atoms with van der Waals surface area (Å²) >= 11 is 4.27. The fraction of sp³-hybridized carbons (Fsp3) is 0.263. The van der Waals surface area contributed by atoms with Gasteiger partial charge in [0.2, 0.25) is 0 Å². The molecule has 0 atom stereocenters. The van der Waals surface area contributed by atoms with Crippen molar-refractivity contribution in [2.45, 2.75) is 24.8 Å². The number of thiol groups is 1. The van der Waals surface area contributed by atoms with Gasteiger partial charge in [0.1, 0.15) is 11.4 Å². The zero-order valence-electron chi connectivity index (χ0n) is 16.3. The summed E-state index contributed by atoms with van der Waals surface area (Å²) in [6.07, 6.45) is 3.73. The van der Waals surface area contributed by atoms with Crippen LogP contribution in [0.2, 0.25) is 0 Å². The van der Waals surface area contributed by atoms with Gasteiger partial charge in [0, 0.05) is 18.2 Å². The third-order valence-electron chi connectivity index (χ3n) is 4.36. The number of hydrogen-bond acceptors (Lipinski definition) is 6. The van der Waals surface area contributed by atoms with Gasteiger partial charge in [-0.1, -0.05) is 25.8 Å². The van der Waals surface area contributed by atoms with Crippen LogP contribution in [0, 0.1) is 0 Å². The van der Waals surface area contributed by atoms with Gasteiger partial charge >= 0.3 is 6.03 Å². The van der Waals surface area contributed by atoms with E-state index in [0.29, 0.717) is 11.4 Å². The zero-order valence-corrected chi connectivity index (χ0v) is 18.0. The number of aromatic nitrogens is 2.